The Hall–Kier alpha value is -5.26. The molecule has 2 aromatic heterocycles. The summed E-state index contributed by atoms with van der Waals surface area (Å²) in [5.41, 5.74) is 2.14. The van der Waals surface area contributed by atoms with Crippen LogP contribution in [0.2, 0.25) is 5.02 Å². The number of halogens is 1. The summed E-state index contributed by atoms with van der Waals surface area (Å²) < 4.78 is 13.1. The van der Waals surface area contributed by atoms with Gasteiger partial charge >= 0.3 is 0 Å². The molecule has 220 valence electrons. The number of furan rings is 1. The van der Waals surface area contributed by atoms with Crippen LogP contribution in [-0.2, 0) is 4.79 Å². The van der Waals surface area contributed by atoms with Gasteiger partial charge in [-0.25, -0.2) is 4.99 Å². The number of rotatable bonds is 7. The molecule has 3 aromatic carbocycles. The van der Waals surface area contributed by atoms with Gasteiger partial charge in [0.1, 0.15) is 17.3 Å². The van der Waals surface area contributed by atoms with Gasteiger partial charge in [0.05, 0.1) is 38.9 Å². The van der Waals surface area contributed by atoms with E-state index in [0.717, 1.165) is 0 Å². The number of ether oxygens (including phenoxy) is 1. The van der Waals surface area contributed by atoms with E-state index in [1.165, 1.54) is 34.1 Å². The van der Waals surface area contributed by atoms with Crippen molar-refractivity contribution in [2.24, 2.45) is 4.99 Å². The third-order valence-electron chi connectivity index (χ3n) is 7.06. The van der Waals surface area contributed by atoms with Crippen LogP contribution >= 0.6 is 22.9 Å². The molecular weight excluding hydrogens is 604 g/mol. The van der Waals surface area contributed by atoms with Crippen LogP contribution in [0.5, 0.6) is 5.75 Å². The topological polar surface area (TPSA) is 129 Å². The Kier molecular flexibility index (Phi) is 7.73. The number of thiazole rings is 1. The number of methoxy groups -OCH3 is 1. The molecule has 1 aliphatic heterocycles. The average Bonchev–Trinajstić information content (AvgIpc) is 3.60. The molecule has 1 N–H and O–H groups in total. The Morgan fingerprint density at radius 1 is 1.11 bits per heavy atom. The number of non-ortho nitro benzene ring substituents is 1. The van der Waals surface area contributed by atoms with Crippen LogP contribution in [-0.4, -0.2) is 22.5 Å². The summed E-state index contributed by atoms with van der Waals surface area (Å²) in [5, 5.41) is 14.2. The van der Waals surface area contributed by atoms with E-state index < -0.39 is 11.0 Å². The predicted molar refractivity (Wildman–Crippen MR) is 168 cm³/mol. The van der Waals surface area contributed by atoms with Gasteiger partial charge in [0, 0.05) is 29.5 Å². The van der Waals surface area contributed by atoms with Crippen molar-refractivity contribution in [3.63, 3.8) is 0 Å². The van der Waals surface area contributed by atoms with E-state index in [-0.39, 0.29) is 22.2 Å². The molecule has 0 saturated heterocycles. The maximum absolute atomic E-state index is 14.0. The van der Waals surface area contributed by atoms with Crippen molar-refractivity contribution in [3.8, 4) is 17.1 Å². The number of carbonyl (C=O) groups is 1. The maximum atomic E-state index is 14.0. The Balaban J connectivity index is 1.43. The number of nitrogens with one attached hydrogen (secondary N) is 1. The van der Waals surface area contributed by atoms with Crippen LogP contribution in [0.1, 0.15) is 24.3 Å². The first-order chi connectivity index (χ1) is 21.2. The van der Waals surface area contributed by atoms with Crippen molar-refractivity contribution < 1.29 is 18.9 Å². The van der Waals surface area contributed by atoms with Gasteiger partial charge in [0.25, 0.3) is 17.2 Å². The smallest absolute Gasteiger partial charge is 0.271 e. The van der Waals surface area contributed by atoms with E-state index >= 15 is 0 Å². The lowest BCUT2D eigenvalue weighted by Crippen LogP contribution is -2.40. The molecule has 12 heteroatoms. The minimum absolute atomic E-state index is 0.134. The molecule has 1 atom stereocenters. The molecule has 0 saturated carbocycles. The molecule has 0 bridgehead atoms. The van der Waals surface area contributed by atoms with Crippen LogP contribution in [0, 0.1) is 10.1 Å². The molecule has 44 heavy (non-hydrogen) atoms. The zero-order chi connectivity index (χ0) is 31.0. The van der Waals surface area contributed by atoms with E-state index in [1.54, 1.807) is 56.5 Å². The van der Waals surface area contributed by atoms with Gasteiger partial charge in [-0.15, -0.1) is 0 Å². The summed E-state index contributed by atoms with van der Waals surface area (Å²) in [6, 6.07) is 23.0. The first-order valence-electron chi connectivity index (χ1n) is 13.3. The number of allylic oxidation sites excluding steroid dienone is 1. The normalized spacial score (nSPS) is 14.6. The average molecular weight is 627 g/mol. The fourth-order valence-corrected chi connectivity index (χ4v) is 6.25. The Morgan fingerprint density at radius 3 is 2.55 bits per heavy atom. The van der Waals surface area contributed by atoms with E-state index in [4.69, 9.17) is 20.8 Å². The quantitative estimate of drug-likeness (QED) is 0.182. The molecule has 6 rings (SSSR count). The summed E-state index contributed by atoms with van der Waals surface area (Å²) in [4.78, 5) is 43.3. The van der Waals surface area contributed by atoms with Gasteiger partial charge in [-0.05, 0) is 55.0 Å². The number of anilines is 1. The van der Waals surface area contributed by atoms with Crippen molar-refractivity contribution >= 4 is 46.3 Å². The van der Waals surface area contributed by atoms with Gasteiger partial charge in [-0.3, -0.25) is 24.3 Å². The predicted octanol–water partition coefficient (Wildman–Crippen LogP) is 5.70. The van der Waals surface area contributed by atoms with Crippen LogP contribution in [0.15, 0.2) is 110 Å². The minimum atomic E-state index is -0.755. The van der Waals surface area contributed by atoms with Crippen molar-refractivity contribution in [1.29, 1.82) is 0 Å². The first kappa shape index (κ1) is 28.8. The SMILES string of the molecule is COc1ccc([C@H]2C(C(=O)Nc3ccccc3)=C(C)N=c3s/c(=C/c4ccc(-c5ccc([N+](=O)[O-])cc5Cl)o4)c(=O)n32)cc1. The summed E-state index contributed by atoms with van der Waals surface area (Å²) in [6.07, 6.45) is 1.60. The van der Waals surface area contributed by atoms with Crippen LogP contribution in [0.4, 0.5) is 11.4 Å². The zero-order valence-electron chi connectivity index (χ0n) is 23.3. The highest BCUT2D eigenvalue weighted by Gasteiger charge is 2.32. The van der Waals surface area contributed by atoms with Crippen molar-refractivity contribution in [2.75, 3.05) is 12.4 Å². The lowest BCUT2D eigenvalue weighted by Gasteiger charge is -2.25. The second-order valence-corrected chi connectivity index (χ2v) is 11.2. The molecule has 0 aliphatic carbocycles. The number of nitro benzene ring substituents is 1. The maximum Gasteiger partial charge on any atom is 0.271 e. The standard InChI is InChI=1S/C32H23ClN4O6S/c1-18-28(30(38)35-20-6-4-3-5-7-20)29(19-8-11-22(42-2)12-9-19)36-31(39)27(44-32(36)34-18)17-23-13-15-26(43-23)24-14-10-21(37(40)41)16-25(24)33/h3-17,29H,1-2H3,(H,35,38)/b27-17+/t29-/m0/s1. The highest BCUT2D eigenvalue weighted by Crippen LogP contribution is 2.33. The van der Waals surface area contributed by atoms with Crippen LogP contribution in [0.3, 0.4) is 0 Å². The van der Waals surface area contributed by atoms with Crippen LogP contribution < -0.4 is 24.9 Å². The van der Waals surface area contributed by atoms with Gasteiger partial charge in [-0.1, -0.05) is 53.3 Å². The number of nitrogens with zero attached hydrogens (tertiary/aromatic N) is 3. The lowest BCUT2D eigenvalue weighted by molar-refractivity contribution is -0.384. The zero-order valence-corrected chi connectivity index (χ0v) is 24.9. The number of hydrogen-bond acceptors (Lipinski definition) is 8. The van der Waals surface area contributed by atoms with Gasteiger partial charge in [0.15, 0.2) is 4.80 Å². The molecule has 0 radical (unpaired) electrons. The fraction of sp³-hybridized carbons (Fsp3) is 0.0938. The first-order valence-corrected chi connectivity index (χ1v) is 14.5. The molecule has 5 aromatic rings. The largest absolute Gasteiger partial charge is 0.497 e. The molecule has 0 unspecified atom stereocenters. The molecule has 0 fully saturated rings. The second kappa shape index (κ2) is 11.8. The molecule has 3 heterocycles. The van der Waals surface area contributed by atoms with Crippen molar-refractivity contribution in [3.05, 3.63) is 142 Å². The summed E-state index contributed by atoms with van der Waals surface area (Å²) in [5.74, 6) is 1.02. The molecule has 0 spiro atoms. The molecule has 1 aliphatic rings. The van der Waals surface area contributed by atoms with Gasteiger partial charge in [-0.2, -0.15) is 0 Å². The minimum Gasteiger partial charge on any atom is -0.497 e. The summed E-state index contributed by atoms with van der Waals surface area (Å²) in [6.45, 7) is 1.75. The van der Waals surface area contributed by atoms with E-state index in [9.17, 15) is 19.7 Å². The number of carbonyl (C=O) groups excluding carboxylic acids is 1. The monoisotopic (exact) mass is 626 g/mol. The summed E-state index contributed by atoms with van der Waals surface area (Å²) >= 11 is 7.46. The molecule has 10 nitrogen and oxygen atoms in total. The Bertz CT molecular complexity index is 2130. The third-order valence-corrected chi connectivity index (χ3v) is 8.35. The highest BCUT2D eigenvalue weighted by molar-refractivity contribution is 7.07. The van der Waals surface area contributed by atoms with Gasteiger partial charge < -0.3 is 14.5 Å². The molecular formula is C32H23ClN4O6S. The van der Waals surface area contributed by atoms with Gasteiger partial charge in [0.2, 0.25) is 0 Å². The van der Waals surface area contributed by atoms with E-state index in [0.29, 0.717) is 54.7 Å². The Labute approximate surface area is 259 Å². The van der Waals surface area contributed by atoms with E-state index in [1.807, 2.05) is 30.3 Å². The number of para-hydroxylation sites is 1. The van der Waals surface area contributed by atoms with Crippen molar-refractivity contribution in [1.82, 2.24) is 4.57 Å². The lowest BCUT2D eigenvalue weighted by atomic mass is 9.95. The Morgan fingerprint density at radius 2 is 1.86 bits per heavy atom. The second-order valence-electron chi connectivity index (χ2n) is 9.80. The third kappa shape index (κ3) is 5.46. The number of amides is 1. The number of nitro groups is 1. The van der Waals surface area contributed by atoms with Crippen LogP contribution in [0.25, 0.3) is 17.4 Å². The number of aromatic nitrogens is 1. The number of fused-ring (bicyclic) bond motifs is 1. The highest BCUT2D eigenvalue weighted by atomic mass is 35.5. The number of hydrogen-bond donors (Lipinski definition) is 1. The fourth-order valence-electron chi connectivity index (χ4n) is 4.96. The summed E-state index contributed by atoms with van der Waals surface area (Å²) in [7, 11) is 1.57. The van der Waals surface area contributed by atoms with Crippen molar-refractivity contribution in [2.45, 2.75) is 13.0 Å². The number of benzene rings is 3. The molecule has 1 amide bonds. The van der Waals surface area contributed by atoms with E-state index in [2.05, 4.69) is 10.3 Å².